The summed E-state index contributed by atoms with van der Waals surface area (Å²) >= 11 is 13.3. The molecule has 0 amide bonds. The predicted octanol–water partition coefficient (Wildman–Crippen LogP) is 6.18. The SMILES string of the molecule is CCCCOP(Cl)(Cl)(CCCC)CCCC. The normalized spacial score (nSPS) is 14.7. The maximum absolute atomic E-state index is 6.66. The van der Waals surface area contributed by atoms with Crippen LogP contribution in [0.15, 0.2) is 0 Å². The van der Waals surface area contributed by atoms with Gasteiger partial charge < -0.3 is 0 Å². The second-order valence-corrected chi connectivity index (χ2v) is 13.2. The van der Waals surface area contributed by atoms with E-state index in [0.29, 0.717) is 0 Å². The fraction of sp³-hybridized carbons (Fsp3) is 1.00. The molecule has 0 rings (SSSR count). The van der Waals surface area contributed by atoms with Gasteiger partial charge in [0.05, 0.1) is 0 Å². The van der Waals surface area contributed by atoms with Gasteiger partial charge >= 0.3 is 111 Å². The van der Waals surface area contributed by atoms with Gasteiger partial charge in [-0.15, -0.1) is 0 Å². The topological polar surface area (TPSA) is 9.23 Å². The first kappa shape index (κ1) is 17.0. The second-order valence-electron chi connectivity index (χ2n) is 4.50. The summed E-state index contributed by atoms with van der Waals surface area (Å²) in [5.74, 6) is 0. The molecule has 0 N–H and O–H groups in total. The molecule has 0 aliphatic rings. The van der Waals surface area contributed by atoms with E-state index in [0.717, 1.165) is 57.5 Å². The molecule has 0 bridgehead atoms. The van der Waals surface area contributed by atoms with E-state index in [9.17, 15) is 0 Å². The molecule has 0 unspecified atom stereocenters. The Hall–Kier alpha value is 0.970. The fourth-order valence-corrected chi connectivity index (χ4v) is 6.23. The van der Waals surface area contributed by atoms with Gasteiger partial charge in [0.25, 0.3) is 0 Å². The summed E-state index contributed by atoms with van der Waals surface area (Å²) in [5, 5.41) is 0. The third-order valence-electron chi connectivity index (χ3n) is 2.73. The van der Waals surface area contributed by atoms with E-state index in [1.807, 2.05) is 0 Å². The van der Waals surface area contributed by atoms with Gasteiger partial charge in [-0.1, -0.05) is 0 Å². The van der Waals surface area contributed by atoms with Crippen molar-refractivity contribution >= 4 is 28.0 Å². The van der Waals surface area contributed by atoms with Crippen molar-refractivity contribution in [2.75, 3.05) is 18.9 Å². The van der Waals surface area contributed by atoms with Crippen molar-refractivity contribution < 1.29 is 4.52 Å². The van der Waals surface area contributed by atoms with Crippen molar-refractivity contribution in [3.8, 4) is 0 Å². The Morgan fingerprint density at radius 2 is 1.25 bits per heavy atom. The summed E-state index contributed by atoms with van der Waals surface area (Å²) < 4.78 is 5.92. The first-order valence-corrected chi connectivity index (χ1v) is 10.9. The summed E-state index contributed by atoms with van der Waals surface area (Å²) in [6.07, 6.45) is 8.28. The maximum atomic E-state index is 6.66. The van der Waals surface area contributed by atoms with Crippen LogP contribution in [0.2, 0.25) is 0 Å². The number of hydrogen-bond acceptors (Lipinski definition) is 1. The summed E-state index contributed by atoms with van der Waals surface area (Å²) in [7, 11) is 0. The van der Waals surface area contributed by atoms with Crippen LogP contribution in [-0.4, -0.2) is 18.9 Å². The quantitative estimate of drug-likeness (QED) is 0.344. The Bertz CT molecular complexity index is 174. The molecule has 0 fully saturated rings. The van der Waals surface area contributed by atoms with Gasteiger partial charge in [0.1, 0.15) is 0 Å². The standard InChI is InChI=1S/C12H27Cl2OP/c1-4-7-10-15-16(13,14,11-8-5-2)12-9-6-3/h4-12H2,1-3H3. The first-order valence-electron chi connectivity index (χ1n) is 6.56. The van der Waals surface area contributed by atoms with Crippen molar-refractivity contribution in [2.45, 2.75) is 59.3 Å². The monoisotopic (exact) mass is 288 g/mol. The van der Waals surface area contributed by atoms with Crippen LogP contribution in [0.5, 0.6) is 0 Å². The number of rotatable bonds is 10. The summed E-state index contributed by atoms with van der Waals surface area (Å²) in [5.41, 5.74) is -2.86. The predicted molar refractivity (Wildman–Crippen MR) is 79.0 cm³/mol. The molecule has 0 aromatic carbocycles. The average Bonchev–Trinajstić information content (AvgIpc) is 2.25. The van der Waals surface area contributed by atoms with Crippen LogP contribution < -0.4 is 0 Å². The zero-order valence-electron chi connectivity index (χ0n) is 11.0. The molecule has 16 heavy (non-hydrogen) atoms. The molecule has 0 heterocycles. The van der Waals surface area contributed by atoms with E-state index in [1.54, 1.807) is 0 Å². The van der Waals surface area contributed by atoms with Crippen LogP contribution in [0.4, 0.5) is 0 Å². The third-order valence-corrected chi connectivity index (χ3v) is 8.39. The molecule has 0 aliphatic heterocycles. The molecule has 0 atom stereocenters. The summed E-state index contributed by atoms with van der Waals surface area (Å²) in [4.78, 5) is 0. The van der Waals surface area contributed by atoms with Gasteiger partial charge in [0.2, 0.25) is 0 Å². The summed E-state index contributed by atoms with van der Waals surface area (Å²) in [6.45, 7) is 7.20. The van der Waals surface area contributed by atoms with Gasteiger partial charge in [0.15, 0.2) is 0 Å². The Balaban J connectivity index is 4.31. The van der Waals surface area contributed by atoms with Gasteiger partial charge in [-0.05, 0) is 0 Å². The second kappa shape index (κ2) is 8.14. The Labute approximate surface area is 111 Å². The van der Waals surface area contributed by atoms with E-state index < -0.39 is 5.54 Å². The molecule has 100 valence electrons. The van der Waals surface area contributed by atoms with Gasteiger partial charge in [-0.2, -0.15) is 0 Å². The molecule has 1 nitrogen and oxygen atoms in total. The van der Waals surface area contributed by atoms with Crippen LogP contribution in [-0.2, 0) is 4.52 Å². The zero-order chi connectivity index (χ0) is 12.5. The van der Waals surface area contributed by atoms with Gasteiger partial charge in [-0.25, -0.2) is 0 Å². The van der Waals surface area contributed by atoms with Gasteiger partial charge in [-0.3, -0.25) is 0 Å². The van der Waals surface area contributed by atoms with Crippen molar-refractivity contribution in [1.29, 1.82) is 0 Å². The molecule has 0 aromatic rings. The Kier molecular flexibility index (Phi) is 8.63. The van der Waals surface area contributed by atoms with E-state index in [1.165, 1.54) is 0 Å². The van der Waals surface area contributed by atoms with Crippen LogP contribution in [0, 0.1) is 0 Å². The van der Waals surface area contributed by atoms with E-state index in [2.05, 4.69) is 20.8 Å². The Morgan fingerprint density at radius 3 is 1.62 bits per heavy atom. The van der Waals surface area contributed by atoms with Crippen LogP contribution in [0.25, 0.3) is 0 Å². The zero-order valence-corrected chi connectivity index (χ0v) is 13.4. The minimum atomic E-state index is -2.86. The Morgan fingerprint density at radius 1 is 0.812 bits per heavy atom. The van der Waals surface area contributed by atoms with E-state index >= 15 is 0 Å². The minimum absolute atomic E-state index is 0.717. The van der Waals surface area contributed by atoms with Crippen molar-refractivity contribution in [2.24, 2.45) is 0 Å². The molecule has 0 radical (unpaired) electrons. The average molecular weight is 289 g/mol. The molecule has 4 heteroatoms. The third kappa shape index (κ3) is 7.33. The number of unbranched alkanes of at least 4 members (excludes halogenated alkanes) is 3. The molecular formula is C12H27Cl2OP. The molecule has 0 saturated heterocycles. The van der Waals surface area contributed by atoms with Crippen molar-refractivity contribution in [1.82, 2.24) is 0 Å². The van der Waals surface area contributed by atoms with Crippen molar-refractivity contribution in [3.63, 3.8) is 0 Å². The van der Waals surface area contributed by atoms with Gasteiger partial charge in [0, 0.05) is 0 Å². The first-order chi connectivity index (χ1) is 7.46. The van der Waals surface area contributed by atoms with E-state index in [-0.39, 0.29) is 0 Å². The molecule has 0 spiro atoms. The number of hydrogen-bond donors (Lipinski definition) is 0. The molecule has 0 aromatic heterocycles. The molecule has 0 aliphatic carbocycles. The number of halogens is 2. The van der Waals surface area contributed by atoms with Crippen molar-refractivity contribution in [3.05, 3.63) is 0 Å². The molecular weight excluding hydrogens is 262 g/mol. The fourth-order valence-electron chi connectivity index (χ4n) is 1.56. The van der Waals surface area contributed by atoms with E-state index in [4.69, 9.17) is 27.0 Å². The molecule has 0 saturated carbocycles. The van der Waals surface area contributed by atoms with Crippen LogP contribution >= 0.6 is 28.0 Å². The van der Waals surface area contributed by atoms with Crippen LogP contribution in [0.3, 0.4) is 0 Å². The van der Waals surface area contributed by atoms with Crippen LogP contribution in [0.1, 0.15) is 59.3 Å². The summed E-state index contributed by atoms with van der Waals surface area (Å²) in [6, 6.07) is 0.